The van der Waals surface area contributed by atoms with E-state index in [9.17, 15) is 0 Å². The molecule has 2 rings (SSSR count). The van der Waals surface area contributed by atoms with Gasteiger partial charge in [-0.2, -0.15) is 0 Å². The van der Waals surface area contributed by atoms with Crippen molar-refractivity contribution in [3.8, 4) is 0 Å². The van der Waals surface area contributed by atoms with Crippen molar-refractivity contribution >= 4 is 27.4 Å². The lowest BCUT2D eigenvalue weighted by atomic mass is 10.00. The van der Waals surface area contributed by atoms with Crippen LogP contribution in [0.5, 0.6) is 0 Å². The van der Waals surface area contributed by atoms with Crippen LogP contribution in [-0.2, 0) is 0 Å². The zero-order chi connectivity index (χ0) is 11.5. The molecular weight excluding hydrogens is 266 g/mol. The summed E-state index contributed by atoms with van der Waals surface area (Å²) >= 11 is 3.36. The third kappa shape index (κ3) is 2.67. The topological polar surface area (TPSA) is 50.9 Å². The number of nitrogens with zero attached hydrogens (tertiary/aromatic N) is 1. The van der Waals surface area contributed by atoms with Crippen molar-refractivity contribution in [3.05, 3.63) is 16.7 Å². The minimum absolute atomic E-state index is 0.457. The van der Waals surface area contributed by atoms with Gasteiger partial charge in [0.1, 0.15) is 5.82 Å². The Morgan fingerprint density at radius 2 is 2.19 bits per heavy atom. The molecule has 88 valence electrons. The van der Waals surface area contributed by atoms with Crippen LogP contribution in [0.1, 0.15) is 32.6 Å². The molecule has 1 heterocycles. The second-order valence-corrected chi connectivity index (χ2v) is 5.48. The Balaban J connectivity index is 2.02. The number of nitrogens with one attached hydrogen (secondary N) is 1. The van der Waals surface area contributed by atoms with Crippen molar-refractivity contribution in [3.63, 3.8) is 0 Å². The molecule has 1 aromatic heterocycles. The average molecular weight is 284 g/mol. The molecule has 1 atom stereocenters. The molecule has 1 aliphatic rings. The average Bonchev–Trinajstić information content (AvgIpc) is 2.75. The largest absolute Gasteiger partial charge is 0.396 e. The van der Waals surface area contributed by atoms with Gasteiger partial charge < -0.3 is 11.1 Å². The van der Waals surface area contributed by atoms with Crippen LogP contribution in [-0.4, -0.2) is 11.0 Å². The monoisotopic (exact) mass is 283 g/mol. The predicted octanol–water partition coefficient (Wildman–Crippen LogP) is 3.42. The molecule has 3 N–H and O–H groups in total. The first-order valence-corrected chi connectivity index (χ1v) is 6.63. The molecule has 1 aromatic rings. The highest BCUT2D eigenvalue weighted by molar-refractivity contribution is 9.10. The van der Waals surface area contributed by atoms with Gasteiger partial charge in [-0.15, -0.1) is 0 Å². The number of anilines is 2. The van der Waals surface area contributed by atoms with Crippen LogP contribution >= 0.6 is 15.9 Å². The number of aromatic nitrogens is 1. The second kappa shape index (κ2) is 5.04. The SMILES string of the molecule is CC(Nc1ncc(Br)cc1N)C1CCCC1. The molecule has 1 fully saturated rings. The quantitative estimate of drug-likeness (QED) is 0.894. The smallest absolute Gasteiger partial charge is 0.149 e. The Morgan fingerprint density at radius 1 is 1.50 bits per heavy atom. The highest BCUT2D eigenvalue weighted by Crippen LogP contribution is 2.30. The van der Waals surface area contributed by atoms with Gasteiger partial charge in [-0.1, -0.05) is 12.8 Å². The van der Waals surface area contributed by atoms with E-state index in [-0.39, 0.29) is 0 Å². The fraction of sp³-hybridized carbons (Fsp3) is 0.583. The van der Waals surface area contributed by atoms with Crippen molar-refractivity contribution < 1.29 is 0 Å². The number of pyridine rings is 1. The predicted molar refractivity (Wildman–Crippen MR) is 71.4 cm³/mol. The van der Waals surface area contributed by atoms with Crippen LogP contribution in [0.15, 0.2) is 16.7 Å². The summed E-state index contributed by atoms with van der Waals surface area (Å²) in [5.74, 6) is 1.58. The van der Waals surface area contributed by atoms with Crippen LogP contribution in [0.4, 0.5) is 11.5 Å². The van der Waals surface area contributed by atoms with Crippen molar-refractivity contribution in [2.75, 3.05) is 11.1 Å². The van der Waals surface area contributed by atoms with Gasteiger partial charge in [0.25, 0.3) is 0 Å². The van der Waals surface area contributed by atoms with Crippen LogP contribution in [0.25, 0.3) is 0 Å². The molecule has 0 spiro atoms. The molecule has 0 bridgehead atoms. The number of rotatable bonds is 3. The first kappa shape index (κ1) is 11.7. The third-order valence-corrected chi connectivity index (χ3v) is 3.79. The van der Waals surface area contributed by atoms with Crippen LogP contribution in [0, 0.1) is 5.92 Å². The van der Waals surface area contributed by atoms with Crippen molar-refractivity contribution in [1.29, 1.82) is 0 Å². The molecule has 0 radical (unpaired) electrons. The Kier molecular flexibility index (Phi) is 3.69. The molecular formula is C12H18BrN3. The van der Waals surface area contributed by atoms with Gasteiger partial charge in [0, 0.05) is 16.7 Å². The number of nitrogens with two attached hydrogens (primary N) is 1. The molecule has 1 unspecified atom stereocenters. The van der Waals surface area contributed by atoms with Gasteiger partial charge in [0.05, 0.1) is 5.69 Å². The Hall–Kier alpha value is -0.770. The van der Waals surface area contributed by atoms with Crippen LogP contribution in [0.3, 0.4) is 0 Å². The summed E-state index contributed by atoms with van der Waals surface area (Å²) in [6, 6.07) is 2.34. The second-order valence-electron chi connectivity index (χ2n) is 4.57. The van der Waals surface area contributed by atoms with E-state index in [2.05, 4.69) is 33.2 Å². The summed E-state index contributed by atoms with van der Waals surface area (Å²) in [5.41, 5.74) is 6.62. The summed E-state index contributed by atoms with van der Waals surface area (Å²) in [5, 5.41) is 3.42. The minimum Gasteiger partial charge on any atom is -0.396 e. The van der Waals surface area contributed by atoms with E-state index in [0.29, 0.717) is 11.7 Å². The summed E-state index contributed by atoms with van der Waals surface area (Å²) in [6.45, 7) is 2.22. The minimum atomic E-state index is 0.457. The Labute approximate surface area is 105 Å². The van der Waals surface area contributed by atoms with Crippen molar-refractivity contribution in [2.45, 2.75) is 38.6 Å². The molecule has 16 heavy (non-hydrogen) atoms. The first-order valence-electron chi connectivity index (χ1n) is 5.84. The van der Waals surface area contributed by atoms with Gasteiger partial charge in [-0.25, -0.2) is 4.98 Å². The highest BCUT2D eigenvalue weighted by Gasteiger charge is 2.21. The lowest BCUT2D eigenvalue weighted by Crippen LogP contribution is -2.24. The Morgan fingerprint density at radius 3 is 2.81 bits per heavy atom. The molecule has 3 nitrogen and oxygen atoms in total. The van der Waals surface area contributed by atoms with E-state index in [1.165, 1.54) is 25.7 Å². The first-order chi connectivity index (χ1) is 7.66. The fourth-order valence-corrected chi connectivity index (χ4v) is 2.72. The summed E-state index contributed by atoms with van der Waals surface area (Å²) in [6.07, 6.45) is 7.15. The maximum Gasteiger partial charge on any atom is 0.149 e. The summed E-state index contributed by atoms with van der Waals surface area (Å²) in [4.78, 5) is 4.31. The van der Waals surface area contributed by atoms with E-state index in [1.807, 2.05) is 6.07 Å². The van der Waals surface area contributed by atoms with Gasteiger partial charge >= 0.3 is 0 Å². The van der Waals surface area contributed by atoms with E-state index in [1.54, 1.807) is 6.20 Å². The zero-order valence-corrected chi connectivity index (χ0v) is 11.1. The van der Waals surface area contributed by atoms with Crippen LogP contribution in [0.2, 0.25) is 0 Å². The normalized spacial score (nSPS) is 18.6. The lowest BCUT2D eigenvalue weighted by Gasteiger charge is -2.21. The van der Waals surface area contributed by atoms with Gasteiger partial charge in [-0.05, 0) is 47.7 Å². The number of hydrogen-bond donors (Lipinski definition) is 2. The van der Waals surface area contributed by atoms with E-state index in [4.69, 9.17) is 5.73 Å². The maximum absolute atomic E-state index is 5.91. The molecule has 0 saturated heterocycles. The van der Waals surface area contributed by atoms with E-state index >= 15 is 0 Å². The van der Waals surface area contributed by atoms with Gasteiger partial charge in [0.15, 0.2) is 0 Å². The third-order valence-electron chi connectivity index (χ3n) is 3.36. The molecule has 0 aromatic carbocycles. The van der Waals surface area contributed by atoms with Crippen molar-refractivity contribution in [2.24, 2.45) is 5.92 Å². The van der Waals surface area contributed by atoms with E-state index < -0.39 is 0 Å². The fourth-order valence-electron chi connectivity index (χ4n) is 2.37. The number of halogens is 1. The highest BCUT2D eigenvalue weighted by atomic mass is 79.9. The zero-order valence-electron chi connectivity index (χ0n) is 9.54. The lowest BCUT2D eigenvalue weighted by molar-refractivity contribution is 0.481. The number of hydrogen-bond acceptors (Lipinski definition) is 3. The summed E-state index contributed by atoms with van der Waals surface area (Å²) in [7, 11) is 0. The van der Waals surface area contributed by atoms with Crippen molar-refractivity contribution in [1.82, 2.24) is 4.98 Å². The molecule has 0 amide bonds. The molecule has 0 aliphatic heterocycles. The van der Waals surface area contributed by atoms with Gasteiger partial charge in [-0.3, -0.25) is 0 Å². The molecule has 1 aliphatic carbocycles. The Bertz CT molecular complexity index is 361. The van der Waals surface area contributed by atoms with Gasteiger partial charge in [0.2, 0.25) is 0 Å². The molecule has 1 saturated carbocycles. The van der Waals surface area contributed by atoms with Crippen LogP contribution < -0.4 is 11.1 Å². The maximum atomic E-state index is 5.91. The summed E-state index contributed by atoms with van der Waals surface area (Å²) < 4.78 is 0.920. The van der Waals surface area contributed by atoms with E-state index in [0.717, 1.165) is 16.2 Å². The standard InChI is InChI=1S/C12H18BrN3/c1-8(9-4-2-3-5-9)16-12-11(14)6-10(13)7-15-12/h6-9H,2-5,14H2,1H3,(H,15,16). The number of nitrogen functional groups attached to an aromatic ring is 1. The molecule has 4 heteroatoms.